The Bertz CT molecular complexity index is 1660. The number of alkyl halides is 3. The van der Waals surface area contributed by atoms with E-state index in [1.54, 1.807) is 12.3 Å². The van der Waals surface area contributed by atoms with Gasteiger partial charge in [-0.1, -0.05) is 6.07 Å². The molecule has 4 heterocycles. The number of anilines is 1. The predicted octanol–water partition coefficient (Wildman–Crippen LogP) is 5.72. The molecular weight excluding hydrogens is 532 g/mol. The van der Waals surface area contributed by atoms with E-state index in [9.17, 15) is 22.4 Å². The van der Waals surface area contributed by atoms with Crippen LogP contribution in [0.3, 0.4) is 0 Å². The van der Waals surface area contributed by atoms with Gasteiger partial charge in [0, 0.05) is 41.3 Å². The highest BCUT2D eigenvalue weighted by molar-refractivity contribution is 7.17. The summed E-state index contributed by atoms with van der Waals surface area (Å²) in [5, 5.41) is 10.1. The summed E-state index contributed by atoms with van der Waals surface area (Å²) in [6, 6.07) is 10.2. The molecule has 7 nitrogen and oxygen atoms in total. The van der Waals surface area contributed by atoms with E-state index >= 15 is 0 Å². The molecule has 3 aromatic heterocycles. The van der Waals surface area contributed by atoms with E-state index < -0.39 is 11.7 Å². The smallest absolute Gasteiger partial charge is 0.355 e. The summed E-state index contributed by atoms with van der Waals surface area (Å²) >= 11 is 1.34. The van der Waals surface area contributed by atoms with Crippen molar-refractivity contribution in [3.8, 4) is 5.69 Å². The van der Waals surface area contributed by atoms with Gasteiger partial charge in [-0.25, -0.2) is 19.0 Å². The van der Waals surface area contributed by atoms with Gasteiger partial charge in [-0.2, -0.15) is 13.2 Å². The molecule has 39 heavy (non-hydrogen) atoms. The Morgan fingerprint density at radius 2 is 1.92 bits per heavy atom. The summed E-state index contributed by atoms with van der Waals surface area (Å²) in [5.41, 5.74) is 0.958. The highest BCUT2D eigenvalue weighted by Gasteiger charge is 2.30. The van der Waals surface area contributed by atoms with E-state index in [4.69, 9.17) is 0 Å². The standard InChI is InChI=1S/C27H22F4N6OS/c28-22-14-39-23-8-3-16(10-20(22)23)11-32-26(38)17-2-1-9-36(12-17)25-21-13-37(35-24(21)33-15-34-25)19-6-4-18(5-7-19)27(29,30)31/h3-8,10,13-15,17H,1-2,9,11-12H2,(H,32,38)/t17-/m1/s1. The zero-order valence-corrected chi connectivity index (χ0v) is 21.3. The van der Waals surface area contributed by atoms with Crippen LogP contribution in [0.4, 0.5) is 23.4 Å². The predicted molar refractivity (Wildman–Crippen MR) is 140 cm³/mol. The van der Waals surface area contributed by atoms with Gasteiger partial charge in [0.1, 0.15) is 18.0 Å². The van der Waals surface area contributed by atoms with Crippen molar-refractivity contribution < 1.29 is 22.4 Å². The highest BCUT2D eigenvalue weighted by Crippen LogP contribution is 2.31. The van der Waals surface area contributed by atoms with Crippen molar-refractivity contribution in [3.05, 3.63) is 77.3 Å². The SMILES string of the molecule is O=C(NCc1ccc2scc(F)c2c1)[C@@H]1CCCN(c2ncnc3nn(-c4ccc(C(F)(F)F)cc4)cc23)C1. The molecule has 0 bridgehead atoms. The Morgan fingerprint density at radius 1 is 1.10 bits per heavy atom. The summed E-state index contributed by atoms with van der Waals surface area (Å²) in [6.07, 6.45) is 0.169. The van der Waals surface area contributed by atoms with Crippen LogP contribution in [-0.2, 0) is 17.5 Å². The number of thiophene rings is 1. The molecule has 0 unspecified atom stereocenters. The highest BCUT2D eigenvalue weighted by atomic mass is 32.1. The van der Waals surface area contributed by atoms with Gasteiger partial charge < -0.3 is 10.2 Å². The van der Waals surface area contributed by atoms with Gasteiger partial charge in [0.15, 0.2) is 5.65 Å². The molecule has 1 saturated heterocycles. The minimum atomic E-state index is -4.42. The number of hydrogen-bond acceptors (Lipinski definition) is 6. The Balaban J connectivity index is 1.17. The summed E-state index contributed by atoms with van der Waals surface area (Å²) in [4.78, 5) is 23.7. The van der Waals surface area contributed by atoms with Gasteiger partial charge in [-0.15, -0.1) is 16.4 Å². The van der Waals surface area contributed by atoms with Crippen molar-refractivity contribution in [2.75, 3.05) is 18.0 Å². The lowest BCUT2D eigenvalue weighted by Crippen LogP contribution is -2.43. The molecule has 1 atom stereocenters. The molecule has 1 aliphatic heterocycles. The number of benzene rings is 2. The molecule has 1 aliphatic rings. The third kappa shape index (κ3) is 5.03. The van der Waals surface area contributed by atoms with Crippen LogP contribution in [0.1, 0.15) is 24.0 Å². The first-order valence-electron chi connectivity index (χ1n) is 12.3. The molecular formula is C27H22F4N6OS. The zero-order valence-electron chi connectivity index (χ0n) is 20.5. The first kappa shape index (κ1) is 25.2. The topological polar surface area (TPSA) is 75.9 Å². The number of carbonyl (C=O) groups excluding carboxylic acids is 1. The number of piperidine rings is 1. The Kier molecular flexibility index (Phi) is 6.42. The maximum absolute atomic E-state index is 13.9. The maximum Gasteiger partial charge on any atom is 0.416 e. The summed E-state index contributed by atoms with van der Waals surface area (Å²) < 4.78 is 55.1. The fraction of sp³-hybridized carbons (Fsp3) is 0.259. The van der Waals surface area contributed by atoms with Crippen molar-refractivity contribution >= 4 is 44.2 Å². The van der Waals surface area contributed by atoms with Crippen LogP contribution < -0.4 is 10.2 Å². The Labute approximate surface area is 224 Å². The van der Waals surface area contributed by atoms with E-state index in [-0.39, 0.29) is 17.6 Å². The summed E-state index contributed by atoms with van der Waals surface area (Å²) in [7, 11) is 0. The molecule has 0 aliphatic carbocycles. The van der Waals surface area contributed by atoms with E-state index in [1.807, 2.05) is 17.0 Å². The first-order valence-corrected chi connectivity index (χ1v) is 13.2. The number of amides is 1. The fourth-order valence-electron chi connectivity index (χ4n) is 4.89. The normalized spacial score (nSPS) is 16.2. The van der Waals surface area contributed by atoms with E-state index in [2.05, 4.69) is 20.4 Å². The summed E-state index contributed by atoms with van der Waals surface area (Å²) in [6.45, 7) is 1.44. The molecule has 6 rings (SSSR count). The number of halogens is 4. The molecule has 2 aromatic carbocycles. The van der Waals surface area contributed by atoms with E-state index in [1.165, 1.54) is 39.9 Å². The van der Waals surface area contributed by atoms with Gasteiger partial charge in [0.05, 0.1) is 22.6 Å². The van der Waals surface area contributed by atoms with Crippen molar-refractivity contribution in [2.24, 2.45) is 5.92 Å². The van der Waals surface area contributed by atoms with Crippen molar-refractivity contribution in [1.82, 2.24) is 25.1 Å². The van der Waals surface area contributed by atoms with Crippen LogP contribution in [-0.4, -0.2) is 38.7 Å². The van der Waals surface area contributed by atoms with E-state index in [0.717, 1.165) is 35.2 Å². The number of carbonyl (C=O) groups is 1. The van der Waals surface area contributed by atoms with Crippen LogP contribution in [0.25, 0.3) is 26.8 Å². The van der Waals surface area contributed by atoms with Crippen LogP contribution in [0.2, 0.25) is 0 Å². The number of rotatable bonds is 5. The molecule has 0 saturated carbocycles. The van der Waals surface area contributed by atoms with Gasteiger partial charge in [0.25, 0.3) is 0 Å². The molecule has 5 aromatic rings. The van der Waals surface area contributed by atoms with Crippen molar-refractivity contribution in [3.63, 3.8) is 0 Å². The van der Waals surface area contributed by atoms with Crippen LogP contribution in [0, 0.1) is 11.7 Å². The number of aromatic nitrogens is 4. The molecule has 1 N–H and O–H groups in total. The monoisotopic (exact) mass is 554 g/mol. The maximum atomic E-state index is 13.9. The van der Waals surface area contributed by atoms with Crippen LogP contribution in [0.15, 0.2) is 60.4 Å². The van der Waals surface area contributed by atoms with Gasteiger partial charge in [-0.05, 0) is 54.8 Å². The molecule has 0 radical (unpaired) electrons. The molecule has 1 fully saturated rings. The average Bonchev–Trinajstić information content (AvgIpc) is 3.55. The minimum Gasteiger partial charge on any atom is -0.355 e. The third-order valence-corrected chi connectivity index (χ3v) is 7.84. The molecule has 0 spiro atoms. The number of nitrogens with one attached hydrogen (secondary N) is 1. The van der Waals surface area contributed by atoms with Crippen LogP contribution in [0.5, 0.6) is 0 Å². The van der Waals surface area contributed by atoms with Gasteiger partial charge in [0.2, 0.25) is 5.91 Å². The third-order valence-electron chi connectivity index (χ3n) is 6.90. The number of nitrogens with zero attached hydrogens (tertiary/aromatic N) is 5. The molecule has 200 valence electrons. The Hall–Kier alpha value is -4.06. The zero-order chi connectivity index (χ0) is 27.1. The number of hydrogen-bond donors (Lipinski definition) is 1. The van der Waals surface area contributed by atoms with Crippen molar-refractivity contribution in [2.45, 2.75) is 25.6 Å². The quantitative estimate of drug-likeness (QED) is 0.281. The average molecular weight is 555 g/mol. The van der Waals surface area contributed by atoms with Crippen molar-refractivity contribution in [1.29, 1.82) is 0 Å². The van der Waals surface area contributed by atoms with E-state index in [0.29, 0.717) is 47.6 Å². The second-order valence-electron chi connectivity index (χ2n) is 9.47. The molecule has 12 heteroatoms. The second-order valence-corrected chi connectivity index (χ2v) is 10.4. The lowest BCUT2D eigenvalue weighted by atomic mass is 9.97. The largest absolute Gasteiger partial charge is 0.416 e. The van der Waals surface area contributed by atoms with Gasteiger partial charge >= 0.3 is 6.18 Å². The lowest BCUT2D eigenvalue weighted by molar-refractivity contribution is -0.137. The minimum absolute atomic E-state index is 0.0867. The molecule has 1 amide bonds. The lowest BCUT2D eigenvalue weighted by Gasteiger charge is -2.33. The summed E-state index contributed by atoms with van der Waals surface area (Å²) in [5.74, 6) is 0.00429. The number of fused-ring (bicyclic) bond motifs is 2. The fourth-order valence-corrected chi connectivity index (χ4v) is 5.67. The van der Waals surface area contributed by atoms with Crippen LogP contribution >= 0.6 is 11.3 Å². The first-order chi connectivity index (χ1) is 18.8. The van der Waals surface area contributed by atoms with Gasteiger partial charge in [-0.3, -0.25) is 4.79 Å². The Morgan fingerprint density at radius 3 is 2.72 bits per heavy atom. The second kappa shape index (κ2) is 9.92.